The molecule has 38 heavy (non-hydrogen) atoms. The lowest BCUT2D eigenvalue weighted by Gasteiger charge is -2.46. The van der Waals surface area contributed by atoms with Gasteiger partial charge < -0.3 is 30.2 Å². The Morgan fingerprint density at radius 1 is 1.11 bits per heavy atom. The zero-order chi connectivity index (χ0) is 27.8. The first kappa shape index (κ1) is 27.3. The van der Waals surface area contributed by atoms with E-state index in [1.807, 2.05) is 0 Å². The zero-order valence-corrected chi connectivity index (χ0v) is 19.7. The molecule has 2 saturated heterocycles. The largest absolute Gasteiger partial charge is 0.419 e. The fraction of sp³-hybridized carbons (Fsp3) is 0.500. The van der Waals surface area contributed by atoms with Gasteiger partial charge in [-0.1, -0.05) is 0 Å². The number of likely N-dealkylation sites (tertiary alicyclic amines) is 1. The normalized spacial score (nSPS) is 19.3. The molecule has 16 heteroatoms. The molecule has 10 nitrogen and oxygen atoms in total. The van der Waals surface area contributed by atoms with Crippen LogP contribution in [0.3, 0.4) is 0 Å². The van der Waals surface area contributed by atoms with Crippen LogP contribution < -0.4 is 10.6 Å². The molecular formula is C22H23F6N7O3. The summed E-state index contributed by atoms with van der Waals surface area (Å²) in [5.74, 6) is -1.33. The molecule has 2 aromatic heterocycles. The molecule has 0 aromatic carbocycles. The van der Waals surface area contributed by atoms with Crippen LogP contribution in [-0.2, 0) is 28.4 Å². The van der Waals surface area contributed by atoms with Gasteiger partial charge in [-0.05, 0) is 6.42 Å². The standard InChI is InChI=1S/C22H23F6N7O3/c23-21(24,25)12-8-31-20(32-9-12)35-11-16-14(35)1-3-34(16)17(36)2-5-38-6-4-33-10-13(22(26,27)28)18(19(30)37)15(33)7-29/h7-10,14,16,29H,1-6,11H2,(H2,30,37)/t14-,16-/m1/s1. The minimum absolute atomic E-state index is 0.00551. The maximum atomic E-state index is 13.2. The molecule has 0 bridgehead atoms. The molecule has 4 rings (SSSR count). The summed E-state index contributed by atoms with van der Waals surface area (Å²) < 4.78 is 84.3. The molecule has 0 aliphatic carbocycles. The fourth-order valence-electron chi connectivity index (χ4n) is 4.73. The third-order valence-corrected chi connectivity index (χ3v) is 6.58. The summed E-state index contributed by atoms with van der Waals surface area (Å²) in [5, 5.41) is 7.38. The minimum atomic E-state index is -4.83. The number of aromatic nitrogens is 3. The molecule has 2 aliphatic rings. The third kappa shape index (κ3) is 5.30. The van der Waals surface area contributed by atoms with Crippen molar-refractivity contribution < 1.29 is 40.7 Å². The molecule has 0 saturated carbocycles. The van der Waals surface area contributed by atoms with Crippen LogP contribution in [0.4, 0.5) is 32.3 Å². The lowest BCUT2D eigenvalue weighted by Crippen LogP contribution is -2.63. The second-order valence-electron chi connectivity index (χ2n) is 8.80. The van der Waals surface area contributed by atoms with Gasteiger partial charge in [0.15, 0.2) is 0 Å². The van der Waals surface area contributed by atoms with E-state index in [0.717, 1.165) is 17.0 Å². The number of carbonyl (C=O) groups is 2. The molecular weight excluding hydrogens is 524 g/mol. The molecule has 0 spiro atoms. The average molecular weight is 547 g/mol. The van der Waals surface area contributed by atoms with Gasteiger partial charge in [-0.15, -0.1) is 0 Å². The van der Waals surface area contributed by atoms with E-state index in [9.17, 15) is 35.9 Å². The van der Waals surface area contributed by atoms with E-state index in [0.29, 0.717) is 31.9 Å². The first-order chi connectivity index (χ1) is 17.8. The van der Waals surface area contributed by atoms with Crippen molar-refractivity contribution in [3.05, 3.63) is 41.0 Å². The maximum Gasteiger partial charge on any atom is 0.419 e. The lowest BCUT2D eigenvalue weighted by atomic mass is 9.98. The number of ether oxygens (including phenoxy) is 1. The van der Waals surface area contributed by atoms with Crippen molar-refractivity contribution in [1.82, 2.24) is 19.4 Å². The van der Waals surface area contributed by atoms with Gasteiger partial charge in [0.1, 0.15) is 0 Å². The van der Waals surface area contributed by atoms with Gasteiger partial charge in [0.25, 0.3) is 5.91 Å². The second kappa shape index (κ2) is 10.2. The average Bonchev–Trinajstić information content (AvgIpc) is 3.36. The summed E-state index contributed by atoms with van der Waals surface area (Å²) in [7, 11) is 0. The number of nitrogens with two attached hydrogens (primary N) is 1. The Bertz CT molecular complexity index is 1210. The Balaban J connectivity index is 1.25. The Hall–Kier alpha value is -3.69. The van der Waals surface area contributed by atoms with E-state index in [-0.39, 0.29) is 55.8 Å². The van der Waals surface area contributed by atoms with Crippen molar-refractivity contribution in [3.63, 3.8) is 0 Å². The molecule has 2 aliphatic heterocycles. The Kier molecular flexibility index (Phi) is 7.36. The summed E-state index contributed by atoms with van der Waals surface area (Å²) >= 11 is 0. The topological polar surface area (TPSA) is 130 Å². The predicted octanol–water partition coefficient (Wildman–Crippen LogP) is 2.31. The fourth-order valence-corrected chi connectivity index (χ4v) is 4.73. The number of rotatable bonds is 9. The smallest absolute Gasteiger partial charge is 0.379 e. The Labute approximate surface area is 211 Å². The second-order valence-corrected chi connectivity index (χ2v) is 8.80. The number of primary amides is 1. The third-order valence-electron chi connectivity index (χ3n) is 6.58. The number of alkyl halides is 6. The number of carbonyl (C=O) groups excluding carboxylic acids is 2. The number of nitrogens with zero attached hydrogens (tertiary/aromatic N) is 5. The molecule has 3 N–H and O–H groups in total. The van der Waals surface area contributed by atoms with E-state index in [2.05, 4.69) is 9.97 Å². The number of amides is 2. The summed E-state index contributed by atoms with van der Waals surface area (Å²) in [5.41, 5.74) is 1.82. The molecule has 206 valence electrons. The number of halogens is 6. The highest BCUT2D eigenvalue weighted by atomic mass is 19.4. The number of hydrogen-bond acceptors (Lipinski definition) is 7. The molecule has 4 heterocycles. The zero-order valence-electron chi connectivity index (χ0n) is 19.7. The molecule has 2 fully saturated rings. The molecule has 2 aromatic rings. The first-order valence-corrected chi connectivity index (χ1v) is 11.5. The van der Waals surface area contributed by atoms with Crippen molar-refractivity contribution in [2.45, 2.75) is 43.8 Å². The maximum absolute atomic E-state index is 13.2. The van der Waals surface area contributed by atoms with Gasteiger partial charge in [-0.25, -0.2) is 9.97 Å². The van der Waals surface area contributed by atoms with E-state index in [4.69, 9.17) is 15.9 Å². The van der Waals surface area contributed by atoms with Crippen LogP contribution in [0.1, 0.15) is 40.0 Å². The number of hydrogen-bond donors (Lipinski definition) is 2. The monoisotopic (exact) mass is 547 g/mol. The molecule has 0 unspecified atom stereocenters. The van der Waals surface area contributed by atoms with E-state index in [1.54, 1.807) is 9.80 Å². The van der Waals surface area contributed by atoms with Crippen LogP contribution in [0.15, 0.2) is 18.6 Å². The van der Waals surface area contributed by atoms with Crippen LogP contribution in [0.25, 0.3) is 0 Å². The van der Waals surface area contributed by atoms with Crippen LogP contribution in [0.5, 0.6) is 0 Å². The van der Waals surface area contributed by atoms with Crippen molar-refractivity contribution in [3.8, 4) is 0 Å². The van der Waals surface area contributed by atoms with E-state index in [1.165, 1.54) is 0 Å². The van der Waals surface area contributed by atoms with Gasteiger partial charge >= 0.3 is 12.4 Å². The van der Waals surface area contributed by atoms with Crippen molar-refractivity contribution in [2.24, 2.45) is 5.73 Å². The molecule has 2 atom stereocenters. The molecule has 0 radical (unpaired) electrons. The van der Waals surface area contributed by atoms with E-state index >= 15 is 0 Å². The Morgan fingerprint density at radius 3 is 2.37 bits per heavy atom. The van der Waals surface area contributed by atoms with Gasteiger partial charge in [0, 0.05) is 44.4 Å². The van der Waals surface area contributed by atoms with E-state index < -0.39 is 35.0 Å². The van der Waals surface area contributed by atoms with Gasteiger partial charge in [0.2, 0.25) is 11.9 Å². The van der Waals surface area contributed by atoms with Crippen LogP contribution in [-0.4, -0.2) is 75.9 Å². The number of nitrogens with one attached hydrogen (secondary N) is 1. The molecule has 2 amide bonds. The highest BCUT2D eigenvalue weighted by Gasteiger charge is 2.49. The summed E-state index contributed by atoms with van der Waals surface area (Å²) in [4.78, 5) is 35.2. The minimum Gasteiger partial charge on any atom is -0.379 e. The van der Waals surface area contributed by atoms with Gasteiger partial charge in [-0.3, -0.25) is 9.59 Å². The lowest BCUT2D eigenvalue weighted by molar-refractivity contribution is -0.138. The van der Waals surface area contributed by atoms with Crippen LogP contribution in [0.2, 0.25) is 0 Å². The predicted molar refractivity (Wildman–Crippen MR) is 120 cm³/mol. The van der Waals surface area contributed by atoms with Gasteiger partial charge in [-0.2, -0.15) is 26.3 Å². The number of fused-ring (bicyclic) bond motifs is 1. The van der Waals surface area contributed by atoms with Crippen molar-refractivity contribution in [1.29, 1.82) is 5.41 Å². The first-order valence-electron chi connectivity index (χ1n) is 11.5. The highest BCUT2D eigenvalue weighted by Crippen LogP contribution is 2.36. The van der Waals surface area contributed by atoms with Crippen molar-refractivity contribution in [2.75, 3.05) is 31.2 Å². The summed E-state index contributed by atoms with van der Waals surface area (Å²) in [6.07, 6.45) is -5.98. The summed E-state index contributed by atoms with van der Waals surface area (Å²) in [6.45, 7) is 0.642. The highest BCUT2D eigenvalue weighted by molar-refractivity contribution is 6.02. The van der Waals surface area contributed by atoms with Crippen LogP contribution in [0, 0.1) is 5.41 Å². The van der Waals surface area contributed by atoms with Crippen molar-refractivity contribution >= 4 is 24.0 Å². The van der Waals surface area contributed by atoms with Gasteiger partial charge in [0.05, 0.1) is 54.1 Å². The van der Waals surface area contributed by atoms with Crippen LogP contribution >= 0.6 is 0 Å². The SMILES string of the molecule is N=Cc1c(C(N)=O)c(C(F)(F)F)cn1CCOCCC(=O)N1CC[C@@H]2[C@H]1CN2c1ncc(C(F)(F)F)cn1. The quantitative estimate of drug-likeness (QED) is 0.282. The summed E-state index contributed by atoms with van der Waals surface area (Å²) in [6, 6.07) is -0.233. The number of anilines is 1. The Morgan fingerprint density at radius 2 is 1.79 bits per heavy atom.